The summed E-state index contributed by atoms with van der Waals surface area (Å²) < 4.78 is 0. The molecule has 2 aromatic heterocycles. The van der Waals surface area contributed by atoms with E-state index < -0.39 is 0 Å². The lowest BCUT2D eigenvalue weighted by Crippen LogP contribution is -2.35. The van der Waals surface area contributed by atoms with Crippen LogP contribution in [0.2, 0.25) is 0 Å². The number of nitrogen functional groups attached to an aromatic ring is 1. The number of aliphatic imine (C=N–C) groups is 1. The van der Waals surface area contributed by atoms with Crippen molar-refractivity contribution < 1.29 is 0 Å². The van der Waals surface area contributed by atoms with Crippen LogP contribution >= 0.6 is 0 Å². The Hall–Kier alpha value is -2.96. The molecule has 0 saturated heterocycles. The molecule has 0 spiro atoms. The van der Waals surface area contributed by atoms with Crippen molar-refractivity contribution in [1.29, 1.82) is 0 Å². The van der Waals surface area contributed by atoms with Gasteiger partial charge in [-0.2, -0.15) is 0 Å². The summed E-state index contributed by atoms with van der Waals surface area (Å²) in [5.41, 5.74) is 9.62. The molecule has 0 aromatic carbocycles. The lowest BCUT2D eigenvalue weighted by Gasteiger charge is -2.25. The highest BCUT2D eigenvalue weighted by molar-refractivity contribution is 5.98. The first-order chi connectivity index (χ1) is 12.2. The highest BCUT2D eigenvalue weighted by Gasteiger charge is 2.25. The van der Waals surface area contributed by atoms with E-state index in [1.165, 1.54) is 12.8 Å². The molecule has 3 N–H and O–H groups in total. The van der Waals surface area contributed by atoms with Crippen molar-refractivity contribution in [2.45, 2.75) is 19.3 Å². The van der Waals surface area contributed by atoms with E-state index in [0.717, 1.165) is 47.5 Å². The lowest BCUT2D eigenvalue weighted by atomic mass is 10.1. The van der Waals surface area contributed by atoms with Gasteiger partial charge in [0.2, 0.25) is 11.9 Å². The number of likely N-dealkylation sites (N-methyl/N-ethyl adjacent to an activating group) is 1. The topological polar surface area (TPSA) is 92.3 Å². The maximum absolute atomic E-state index is 5.80. The van der Waals surface area contributed by atoms with Crippen LogP contribution in [-0.4, -0.2) is 39.4 Å². The summed E-state index contributed by atoms with van der Waals surface area (Å²) in [6.45, 7) is 0.763. The monoisotopic (exact) mass is 335 g/mol. The predicted molar refractivity (Wildman–Crippen MR) is 98.8 cm³/mol. The quantitative estimate of drug-likeness (QED) is 0.889. The minimum Gasteiger partial charge on any atom is -0.368 e. The second-order valence-electron chi connectivity index (χ2n) is 6.50. The third-order valence-corrected chi connectivity index (χ3v) is 4.42. The zero-order valence-electron chi connectivity index (χ0n) is 14.2. The first kappa shape index (κ1) is 15.6. The number of hydrogen-bond donors (Lipinski definition) is 2. The first-order valence-corrected chi connectivity index (χ1v) is 8.48. The van der Waals surface area contributed by atoms with E-state index in [2.05, 4.69) is 31.2 Å². The molecule has 4 rings (SSSR count). The van der Waals surface area contributed by atoms with Crippen LogP contribution in [0.3, 0.4) is 0 Å². The van der Waals surface area contributed by atoms with E-state index in [4.69, 9.17) is 10.7 Å². The van der Waals surface area contributed by atoms with Gasteiger partial charge in [-0.15, -0.1) is 0 Å². The third kappa shape index (κ3) is 3.60. The van der Waals surface area contributed by atoms with Crippen LogP contribution in [-0.2, 0) is 6.42 Å². The molecule has 7 heteroatoms. The van der Waals surface area contributed by atoms with Gasteiger partial charge in [0.05, 0.1) is 11.4 Å². The number of anilines is 2. The SMILES string of the molecule is CN1CC=C(c2cnc(N)nc2CC2CC2)N=C1Nc1ccncc1. The first-order valence-electron chi connectivity index (χ1n) is 8.48. The zero-order chi connectivity index (χ0) is 17.2. The summed E-state index contributed by atoms with van der Waals surface area (Å²) in [7, 11) is 2.00. The lowest BCUT2D eigenvalue weighted by molar-refractivity contribution is 0.556. The Morgan fingerprint density at radius 3 is 2.84 bits per heavy atom. The number of pyridine rings is 1. The summed E-state index contributed by atoms with van der Waals surface area (Å²) in [5, 5.41) is 3.34. The van der Waals surface area contributed by atoms with E-state index in [1.54, 1.807) is 18.6 Å². The number of aromatic nitrogens is 3. The molecular formula is C18H21N7. The number of nitrogens with zero attached hydrogens (tertiary/aromatic N) is 5. The average molecular weight is 335 g/mol. The number of nitrogens with two attached hydrogens (primary N) is 1. The van der Waals surface area contributed by atoms with Crippen molar-refractivity contribution in [2.24, 2.45) is 10.9 Å². The van der Waals surface area contributed by atoms with Gasteiger partial charge in [-0.25, -0.2) is 15.0 Å². The minimum atomic E-state index is 0.326. The Kier molecular flexibility index (Phi) is 4.05. The van der Waals surface area contributed by atoms with E-state index in [1.807, 2.05) is 19.2 Å². The fourth-order valence-electron chi connectivity index (χ4n) is 2.81. The Labute approximate surface area is 146 Å². The van der Waals surface area contributed by atoms with Crippen LogP contribution in [0.4, 0.5) is 11.6 Å². The van der Waals surface area contributed by atoms with Gasteiger partial charge >= 0.3 is 0 Å². The third-order valence-electron chi connectivity index (χ3n) is 4.42. The van der Waals surface area contributed by atoms with Crippen molar-refractivity contribution in [3.05, 3.63) is 48.1 Å². The predicted octanol–water partition coefficient (Wildman–Crippen LogP) is 2.16. The summed E-state index contributed by atoms with van der Waals surface area (Å²) in [5.74, 6) is 1.84. The van der Waals surface area contributed by atoms with Crippen LogP contribution < -0.4 is 11.1 Å². The molecule has 1 saturated carbocycles. The molecule has 0 bridgehead atoms. The van der Waals surface area contributed by atoms with E-state index in [-0.39, 0.29) is 0 Å². The molecule has 2 aliphatic rings. The van der Waals surface area contributed by atoms with Crippen molar-refractivity contribution in [1.82, 2.24) is 19.9 Å². The summed E-state index contributed by atoms with van der Waals surface area (Å²) >= 11 is 0. The van der Waals surface area contributed by atoms with Crippen LogP contribution in [0.5, 0.6) is 0 Å². The van der Waals surface area contributed by atoms with Gasteiger partial charge in [-0.05, 0) is 43.4 Å². The Balaban J connectivity index is 1.63. The Bertz CT molecular complexity index is 825. The molecule has 0 radical (unpaired) electrons. The second kappa shape index (κ2) is 6.51. The highest BCUT2D eigenvalue weighted by atomic mass is 15.3. The van der Waals surface area contributed by atoms with E-state index >= 15 is 0 Å². The second-order valence-corrected chi connectivity index (χ2v) is 6.50. The smallest absolute Gasteiger partial charge is 0.220 e. The van der Waals surface area contributed by atoms with Gasteiger partial charge in [0, 0.05) is 43.4 Å². The summed E-state index contributed by atoms with van der Waals surface area (Å²) in [6.07, 6.45) is 10.9. The molecule has 25 heavy (non-hydrogen) atoms. The molecule has 1 aliphatic carbocycles. The van der Waals surface area contributed by atoms with Crippen LogP contribution in [0.1, 0.15) is 24.1 Å². The van der Waals surface area contributed by atoms with Crippen molar-refractivity contribution >= 4 is 23.3 Å². The summed E-state index contributed by atoms with van der Waals surface area (Å²) in [4.78, 5) is 19.6. The molecule has 0 unspecified atom stereocenters. The number of nitrogens with one attached hydrogen (secondary N) is 1. The number of rotatable bonds is 4. The maximum Gasteiger partial charge on any atom is 0.220 e. The van der Waals surface area contributed by atoms with E-state index in [0.29, 0.717) is 5.95 Å². The standard InChI is InChI=1S/C18H21N7/c1-25-9-6-15(24-18(25)22-13-4-7-20-8-5-13)14-11-21-17(19)23-16(14)10-12-2-3-12/h4-8,11-12H,2-3,9-10H2,1H3,(H2,19,21,23)(H,20,22,24). The highest BCUT2D eigenvalue weighted by Crippen LogP contribution is 2.34. The van der Waals surface area contributed by atoms with E-state index in [9.17, 15) is 0 Å². The van der Waals surface area contributed by atoms with Gasteiger partial charge < -0.3 is 16.0 Å². The van der Waals surface area contributed by atoms with Crippen LogP contribution in [0.15, 0.2) is 41.8 Å². The molecule has 7 nitrogen and oxygen atoms in total. The van der Waals surface area contributed by atoms with Crippen molar-refractivity contribution in [3.8, 4) is 0 Å². The van der Waals surface area contributed by atoms with Crippen molar-refractivity contribution in [3.63, 3.8) is 0 Å². The largest absolute Gasteiger partial charge is 0.368 e. The van der Waals surface area contributed by atoms with Gasteiger partial charge in [0.25, 0.3) is 0 Å². The molecule has 1 aliphatic heterocycles. The number of hydrogen-bond acceptors (Lipinski definition) is 7. The minimum absolute atomic E-state index is 0.326. The molecule has 1 fully saturated rings. The van der Waals surface area contributed by atoms with Gasteiger partial charge in [-0.3, -0.25) is 4.98 Å². The molecule has 2 aromatic rings. The van der Waals surface area contributed by atoms with Crippen molar-refractivity contribution in [2.75, 3.05) is 24.6 Å². The molecule has 3 heterocycles. The Morgan fingerprint density at radius 2 is 2.08 bits per heavy atom. The maximum atomic E-state index is 5.80. The van der Waals surface area contributed by atoms with Crippen LogP contribution in [0.25, 0.3) is 5.70 Å². The average Bonchev–Trinajstić information content (AvgIpc) is 3.42. The van der Waals surface area contributed by atoms with Gasteiger partial charge in [0.1, 0.15) is 0 Å². The zero-order valence-corrected chi connectivity index (χ0v) is 14.2. The molecule has 128 valence electrons. The molecular weight excluding hydrogens is 314 g/mol. The Morgan fingerprint density at radius 1 is 1.28 bits per heavy atom. The number of guanidine groups is 1. The summed E-state index contributed by atoms with van der Waals surface area (Å²) in [6, 6.07) is 3.83. The van der Waals surface area contributed by atoms with Gasteiger partial charge in [0.15, 0.2) is 0 Å². The fraction of sp³-hybridized carbons (Fsp3) is 0.333. The van der Waals surface area contributed by atoms with Gasteiger partial charge in [-0.1, -0.05) is 0 Å². The fourth-order valence-corrected chi connectivity index (χ4v) is 2.81. The normalized spacial score (nSPS) is 17.1. The molecule has 0 atom stereocenters. The molecule has 0 amide bonds. The van der Waals surface area contributed by atoms with Crippen LogP contribution in [0, 0.1) is 5.92 Å².